The Kier molecular flexibility index (Phi) is 9.26. The molecule has 0 saturated carbocycles. The molecule has 5 rings (SSSR count). The summed E-state index contributed by atoms with van der Waals surface area (Å²) in [5.74, 6) is -0.216. The summed E-state index contributed by atoms with van der Waals surface area (Å²) in [6.07, 6.45) is 5.79. The summed E-state index contributed by atoms with van der Waals surface area (Å²) < 4.78 is 12.9. The van der Waals surface area contributed by atoms with Gasteiger partial charge >= 0.3 is 0 Å². The van der Waals surface area contributed by atoms with Gasteiger partial charge in [0.15, 0.2) is 6.29 Å². The molecule has 0 spiro atoms. The Morgan fingerprint density at radius 2 is 1.77 bits per heavy atom. The molecule has 2 N–H and O–H groups in total. The lowest BCUT2D eigenvalue weighted by atomic mass is 9.99. The van der Waals surface area contributed by atoms with E-state index in [0.29, 0.717) is 17.7 Å². The molecular formula is C32H34N4O4. The predicted octanol–water partition coefficient (Wildman–Crippen LogP) is 4.94. The lowest BCUT2D eigenvalue weighted by Crippen LogP contribution is -2.38. The van der Waals surface area contributed by atoms with Crippen molar-refractivity contribution in [3.8, 4) is 0 Å². The van der Waals surface area contributed by atoms with Gasteiger partial charge in [-0.25, -0.2) is 0 Å². The minimum Gasteiger partial charge on any atom is -0.392 e. The molecule has 3 atom stereocenters. The number of aliphatic hydroxyl groups excluding tert-OH is 1. The number of rotatable bonds is 10. The number of nitrogens with one attached hydrogen (secondary N) is 1. The number of pyridine rings is 2. The third-order valence-electron chi connectivity index (χ3n) is 6.97. The molecule has 4 aromatic rings. The van der Waals surface area contributed by atoms with Gasteiger partial charge in [-0.15, -0.1) is 0 Å². The average molecular weight is 539 g/mol. The van der Waals surface area contributed by atoms with Crippen molar-refractivity contribution in [3.63, 3.8) is 0 Å². The van der Waals surface area contributed by atoms with E-state index in [2.05, 4.69) is 27.2 Å². The van der Waals surface area contributed by atoms with Crippen LogP contribution in [-0.2, 0) is 22.5 Å². The SMILES string of the molecule is CN(CCc1ccccn1)CC1CC(c2ccc(CO)cc2)OC(c2ccc(NC(=O)c3cccnc3)cc2)O1. The van der Waals surface area contributed by atoms with Crippen LogP contribution in [0, 0.1) is 0 Å². The molecule has 8 nitrogen and oxygen atoms in total. The van der Waals surface area contributed by atoms with Gasteiger partial charge in [0.05, 0.1) is 24.4 Å². The third-order valence-corrected chi connectivity index (χ3v) is 6.97. The monoisotopic (exact) mass is 538 g/mol. The maximum Gasteiger partial charge on any atom is 0.257 e. The Bertz CT molecular complexity index is 1350. The van der Waals surface area contributed by atoms with Crippen molar-refractivity contribution in [2.45, 2.75) is 37.9 Å². The van der Waals surface area contributed by atoms with E-state index < -0.39 is 6.29 Å². The Labute approximate surface area is 234 Å². The van der Waals surface area contributed by atoms with Crippen LogP contribution < -0.4 is 5.32 Å². The Hall–Kier alpha value is -3.95. The maximum absolute atomic E-state index is 12.5. The summed E-state index contributed by atoms with van der Waals surface area (Å²) >= 11 is 0. The lowest BCUT2D eigenvalue weighted by molar-refractivity contribution is -0.252. The number of hydrogen-bond donors (Lipinski definition) is 2. The van der Waals surface area contributed by atoms with Gasteiger partial charge < -0.3 is 24.8 Å². The maximum atomic E-state index is 12.5. The topological polar surface area (TPSA) is 96.8 Å². The third kappa shape index (κ3) is 7.37. The number of hydrogen-bond acceptors (Lipinski definition) is 7. The number of benzene rings is 2. The van der Waals surface area contributed by atoms with Crippen molar-refractivity contribution >= 4 is 11.6 Å². The molecular weight excluding hydrogens is 504 g/mol. The quantitative estimate of drug-likeness (QED) is 0.295. The smallest absolute Gasteiger partial charge is 0.257 e. The van der Waals surface area contributed by atoms with Crippen LogP contribution in [0.2, 0.25) is 0 Å². The first-order valence-electron chi connectivity index (χ1n) is 13.5. The van der Waals surface area contributed by atoms with Crippen molar-refractivity contribution < 1.29 is 19.4 Å². The first-order chi connectivity index (χ1) is 19.6. The molecule has 40 heavy (non-hydrogen) atoms. The van der Waals surface area contributed by atoms with E-state index >= 15 is 0 Å². The van der Waals surface area contributed by atoms with E-state index in [4.69, 9.17) is 9.47 Å². The van der Waals surface area contributed by atoms with Crippen LogP contribution in [0.25, 0.3) is 0 Å². The fourth-order valence-corrected chi connectivity index (χ4v) is 4.75. The van der Waals surface area contributed by atoms with Crippen molar-refractivity contribution in [1.82, 2.24) is 14.9 Å². The molecule has 1 aliphatic rings. The van der Waals surface area contributed by atoms with Gasteiger partial charge in [0.1, 0.15) is 0 Å². The number of anilines is 1. The highest BCUT2D eigenvalue weighted by Crippen LogP contribution is 2.38. The van der Waals surface area contributed by atoms with Crippen LogP contribution in [0.4, 0.5) is 5.69 Å². The number of aliphatic hydroxyl groups is 1. The molecule has 206 valence electrons. The molecule has 0 bridgehead atoms. The zero-order valence-electron chi connectivity index (χ0n) is 22.5. The van der Waals surface area contributed by atoms with E-state index in [1.165, 1.54) is 6.20 Å². The molecule has 1 amide bonds. The second-order valence-electron chi connectivity index (χ2n) is 10.0. The van der Waals surface area contributed by atoms with E-state index in [1.54, 1.807) is 18.3 Å². The molecule has 0 radical (unpaired) electrons. The molecule has 2 aromatic carbocycles. The van der Waals surface area contributed by atoms with Gasteiger partial charge in [-0.05, 0) is 54.6 Å². The van der Waals surface area contributed by atoms with Gasteiger partial charge in [-0.2, -0.15) is 0 Å². The van der Waals surface area contributed by atoms with Gasteiger partial charge in [0.2, 0.25) is 0 Å². The van der Waals surface area contributed by atoms with E-state index in [1.807, 2.05) is 72.9 Å². The van der Waals surface area contributed by atoms with Gasteiger partial charge in [0.25, 0.3) is 5.91 Å². The number of amides is 1. The molecule has 3 heterocycles. The fourth-order valence-electron chi connectivity index (χ4n) is 4.75. The lowest BCUT2D eigenvalue weighted by Gasteiger charge is -2.38. The first kappa shape index (κ1) is 27.6. The van der Waals surface area contributed by atoms with Gasteiger partial charge in [-0.1, -0.05) is 42.5 Å². The minimum atomic E-state index is -0.562. The summed E-state index contributed by atoms with van der Waals surface area (Å²) in [6.45, 7) is 1.62. The van der Waals surface area contributed by atoms with E-state index in [0.717, 1.165) is 41.9 Å². The van der Waals surface area contributed by atoms with Crippen LogP contribution in [0.15, 0.2) is 97.5 Å². The number of carbonyl (C=O) groups is 1. The summed E-state index contributed by atoms with van der Waals surface area (Å²) in [6, 6.07) is 24.9. The molecule has 1 saturated heterocycles. The molecule has 3 unspecified atom stereocenters. The summed E-state index contributed by atoms with van der Waals surface area (Å²) in [4.78, 5) is 23.2. The van der Waals surface area contributed by atoms with Crippen molar-refractivity contribution in [3.05, 3.63) is 125 Å². The molecule has 1 aliphatic heterocycles. The number of ether oxygens (including phenoxy) is 2. The Morgan fingerprint density at radius 3 is 2.48 bits per heavy atom. The number of nitrogens with zero attached hydrogens (tertiary/aromatic N) is 3. The highest BCUT2D eigenvalue weighted by molar-refractivity contribution is 6.04. The van der Waals surface area contributed by atoms with Crippen LogP contribution in [-0.4, -0.2) is 52.1 Å². The minimum absolute atomic E-state index is 0.00486. The van der Waals surface area contributed by atoms with Crippen LogP contribution in [0.5, 0.6) is 0 Å². The number of aromatic nitrogens is 2. The van der Waals surface area contributed by atoms with Crippen molar-refractivity contribution in [2.24, 2.45) is 0 Å². The normalized spacial score (nSPS) is 18.9. The van der Waals surface area contributed by atoms with Crippen LogP contribution >= 0.6 is 0 Å². The summed E-state index contributed by atoms with van der Waals surface area (Å²) in [7, 11) is 2.10. The average Bonchev–Trinajstić information content (AvgIpc) is 3.01. The second-order valence-corrected chi connectivity index (χ2v) is 10.0. The Morgan fingerprint density at radius 1 is 0.975 bits per heavy atom. The molecule has 2 aromatic heterocycles. The highest BCUT2D eigenvalue weighted by Gasteiger charge is 2.32. The molecule has 0 aliphatic carbocycles. The summed E-state index contributed by atoms with van der Waals surface area (Å²) in [5.41, 5.74) is 5.02. The van der Waals surface area contributed by atoms with Crippen LogP contribution in [0.3, 0.4) is 0 Å². The fraction of sp³-hybridized carbons (Fsp3) is 0.281. The molecule has 1 fully saturated rings. The van der Waals surface area contributed by atoms with Gasteiger partial charge in [-0.3, -0.25) is 14.8 Å². The number of carbonyl (C=O) groups excluding carboxylic acids is 1. The van der Waals surface area contributed by atoms with Gasteiger partial charge in [0, 0.05) is 61.5 Å². The van der Waals surface area contributed by atoms with E-state index in [9.17, 15) is 9.90 Å². The molecule has 8 heteroatoms. The number of likely N-dealkylation sites (N-methyl/N-ethyl adjacent to an activating group) is 1. The second kappa shape index (κ2) is 13.4. The van der Waals surface area contributed by atoms with Crippen molar-refractivity contribution in [1.29, 1.82) is 0 Å². The van der Waals surface area contributed by atoms with Crippen LogP contribution in [0.1, 0.15) is 51.6 Å². The predicted molar refractivity (Wildman–Crippen MR) is 152 cm³/mol. The zero-order chi connectivity index (χ0) is 27.7. The zero-order valence-corrected chi connectivity index (χ0v) is 22.5. The Balaban J connectivity index is 1.28. The van der Waals surface area contributed by atoms with E-state index in [-0.39, 0.29) is 24.7 Å². The summed E-state index contributed by atoms with van der Waals surface area (Å²) in [5, 5.41) is 12.4. The standard InChI is InChI=1S/C32H34N4O4/c1-36(18-15-27-6-2-3-17-34-27)21-29-19-30(24-9-7-23(22-37)8-10-24)40-32(39-29)25-11-13-28(14-12-25)35-31(38)26-5-4-16-33-20-26/h2-14,16-17,20,29-30,32,37H,15,18-19,21-22H2,1H3,(H,35,38). The largest absolute Gasteiger partial charge is 0.392 e. The van der Waals surface area contributed by atoms with Crippen molar-refractivity contribution in [2.75, 3.05) is 25.5 Å². The first-order valence-corrected chi connectivity index (χ1v) is 13.5. The highest BCUT2D eigenvalue weighted by atomic mass is 16.7.